The lowest BCUT2D eigenvalue weighted by atomic mass is 10.3. The summed E-state index contributed by atoms with van der Waals surface area (Å²) in [6.07, 6.45) is 3.72. The molecule has 4 heteroatoms. The third-order valence-electron chi connectivity index (χ3n) is 2.97. The van der Waals surface area contributed by atoms with E-state index < -0.39 is 0 Å². The van der Waals surface area contributed by atoms with Gasteiger partial charge in [-0.3, -0.25) is 0 Å². The van der Waals surface area contributed by atoms with Crippen molar-refractivity contribution in [3.05, 3.63) is 72.6 Å². The van der Waals surface area contributed by atoms with Gasteiger partial charge in [-0.25, -0.2) is 9.37 Å². The Morgan fingerprint density at radius 2 is 1.85 bits per heavy atom. The number of hydrogen-bond acceptors (Lipinski definition) is 2. The van der Waals surface area contributed by atoms with Crippen LogP contribution in [0.1, 0.15) is 5.82 Å². The molecule has 1 aromatic heterocycles. The van der Waals surface area contributed by atoms with Gasteiger partial charge in [0.2, 0.25) is 0 Å². The minimum atomic E-state index is -0.208. The smallest absolute Gasteiger partial charge is 0.124 e. The molecular formula is C16H13FN2S. The van der Waals surface area contributed by atoms with Gasteiger partial charge in [-0.1, -0.05) is 17.8 Å². The molecule has 3 rings (SSSR count). The summed E-state index contributed by atoms with van der Waals surface area (Å²) in [5.41, 5.74) is 1.07. The van der Waals surface area contributed by atoms with E-state index >= 15 is 0 Å². The fraction of sp³-hybridized carbons (Fsp3) is 0.0625. The minimum absolute atomic E-state index is 0.208. The predicted octanol–water partition coefficient (Wildman–Crippen LogP) is 4.47. The quantitative estimate of drug-likeness (QED) is 0.706. The molecule has 3 aromatic rings. The van der Waals surface area contributed by atoms with Crippen LogP contribution in [0.5, 0.6) is 0 Å². The Morgan fingerprint density at radius 3 is 2.50 bits per heavy atom. The molecule has 0 fully saturated rings. The summed E-state index contributed by atoms with van der Waals surface area (Å²) in [5, 5.41) is 0. The van der Waals surface area contributed by atoms with E-state index in [1.807, 2.05) is 48.0 Å². The Hall–Kier alpha value is -2.07. The monoisotopic (exact) mass is 284 g/mol. The van der Waals surface area contributed by atoms with Crippen molar-refractivity contribution in [2.24, 2.45) is 0 Å². The molecule has 0 atom stereocenters. The van der Waals surface area contributed by atoms with Gasteiger partial charge in [0.1, 0.15) is 11.6 Å². The molecule has 0 unspecified atom stereocenters. The van der Waals surface area contributed by atoms with Gasteiger partial charge in [0.05, 0.1) is 0 Å². The van der Waals surface area contributed by atoms with E-state index in [0.717, 1.165) is 21.3 Å². The van der Waals surface area contributed by atoms with Crippen LogP contribution in [0.3, 0.4) is 0 Å². The lowest BCUT2D eigenvalue weighted by Crippen LogP contribution is -1.94. The summed E-state index contributed by atoms with van der Waals surface area (Å²) in [7, 11) is 0. The lowest BCUT2D eigenvalue weighted by Gasteiger charge is -2.06. The number of nitrogens with zero attached hydrogens (tertiary/aromatic N) is 2. The van der Waals surface area contributed by atoms with Crippen molar-refractivity contribution < 1.29 is 4.39 Å². The first kappa shape index (κ1) is 12.9. The highest BCUT2D eigenvalue weighted by Crippen LogP contribution is 2.28. The Labute approximate surface area is 121 Å². The van der Waals surface area contributed by atoms with Crippen LogP contribution in [-0.2, 0) is 0 Å². The highest BCUT2D eigenvalue weighted by molar-refractivity contribution is 7.99. The van der Waals surface area contributed by atoms with Crippen molar-refractivity contribution in [1.29, 1.82) is 0 Å². The van der Waals surface area contributed by atoms with Crippen molar-refractivity contribution in [2.45, 2.75) is 16.7 Å². The maximum absolute atomic E-state index is 13.1. The van der Waals surface area contributed by atoms with E-state index in [0.29, 0.717) is 0 Å². The molecule has 0 amide bonds. The molecule has 0 N–H and O–H groups in total. The summed E-state index contributed by atoms with van der Waals surface area (Å²) in [5.74, 6) is 0.746. The summed E-state index contributed by atoms with van der Waals surface area (Å²) in [4.78, 5) is 6.19. The molecule has 100 valence electrons. The predicted molar refractivity (Wildman–Crippen MR) is 78.8 cm³/mol. The zero-order chi connectivity index (χ0) is 13.9. The Morgan fingerprint density at radius 1 is 1.05 bits per heavy atom. The zero-order valence-electron chi connectivity index (χ0n) is 11.0. The molecule has 0 bridgehead atoms. The van der Waals surface area contributed by atoms with Crippen LogP contribution in [0, 0.1) is 12.7 Å². The molecule has 1 heterocycles. The number of halogens is 1. The molecule has 0 saturated heterocycles. The van der Waals surface area contributed by atoms with Gasteiger partial charge in [-0.05, 0) is 49.4 Å². The SMILES string of the molecule is Cc1nccn1-c1ccc(Sc2cccc(F)c2)cc1. The van der Waals surface area contributed by atoms with E-state index in [9.17, 15) is 4.39 Å². The molecule has 0 aliphatic rings. The average molecular weight is 284 g/mol. The van der Waals surface area contributed by atoms with E-state index in [4.69, 9.17) is 0 Å². The Balaban J connectivity index is 1.82. The van der Waals surface area contributed by atoms with Crippen LogP contribution in [0.2, 0.25) is 0 Å². The van der Waals surface area contributed by atoms with Crippen molar-refractivity contribution in [3.63, 3.8) is 0 Å². The number of aromatic nitrogens is 2. The van der Waals surface area contributed by atoms with Crippen LogP contribution >= 0.6 is 11.8 Å². The summed E-state index contributed by atoms with van der Waals surface area (Å²) < 4.78 is 15.2. The Bertz CT molecular complexity index is 719. The first-order valence-electron chi connectivity index (χ1n) is 6.26. The van der Waals surface area contributed by atoms with Gasteiger partial charge in [-0.2, -0.15) is 0 Å². The van der Waals surface area contributed by atoms with Gasteiger partial charge >= 0.3 is 0 Å². The van der Waals surface area contributed by atoms with Crippen LogP contribution in [0.4, 0.5) is 4.39 Å². The van der Waals surface area contributed by atoms with E-state index in [-0.39, 0.29) is 5.82 Å². The molecule has 20 heavy (non-hydrogen) atoms. The second-order valence-corrected chi connectivity index (χ2v) is 5.54. The number of imidazole rings is 1. The Kier molecular flexibility index (Phi) is 3.56. The maximum atomic E-state index is 13.1. The largest absolute Gasteiger partial charge is 0.304 e. The molecule has 0 aliphatic heterocycles. The molecule has 2 nitrogen and oxygen atoms in total. The van der Waals surface area contributed by atoms with Crippen LogP contribution in [-0.4, -0.2) is 9.55 Å². The summed E-state index contributed by atoms with van der Waals surface area (Å²) in [6.45, 7) is 1.97. The van der Waals surface area contributed by atoms with Crippen LogP contribution < -0.4 is 0 Å². The van der Waals surface area contributed by atoms with Gasteiger partial charge < -0.3 is 4.57 Å². The third kappa shape index (κ3) is 2.75. The molecule has 0 spiro atoms. The highest BCUT2D eigenvalue weighted by atomic mass is 32.2. The topological polar surface area (TPSA) is 17.8 Å². The lowest BCUT2D eigenvalue weighted by molar-refractivity contribution is 0.624. The van der Waals surface area contributed by atoms with E-state index in [1.54, 1.807) is 30.1 Å². The van der Waals surface area contributed by atoms with Crippen molar-refractivity contribution >= 4 is 11.8 Å². The third-order valence-corrected chi connectivity index (χ3v) is 3.97. The zero-order valence-corrected chi connectivity index (χ0v) is 11.8. The van der Waals surface area contributed by atoms with Crippen molar-refractivity contribution in [2.75, 3.05) is 0 Å². The number of rotatable bonds is 3. The van der Waals surface area contributed by atoms with Crippen molar-refractivity contribution in [1.82, 2.24) is 9.55 Å². The molecule has 0 aliphatic carbocycles. The van der Waals surface area contributed by atoms with Gasteiger partial charge in [0, 0.05) is 27.9 Å². The fourth-order valence-corrected chi connectivity index (χ4v) is 2.85. The van der Waals surface area contributed by atoms with Crippen LogP contribution in [0.15, 0.2) is 70.7 Å². The maximum Gasteiger partial charge on any atom is 0.124 e. The summed E-state index contributed by atoms with van der Waals surface area (Å²) >= 11 is 1.55. The van der Waals surface area contributed by atoms with Crippen LogP contribution in [0.25, 0.3) is 5.69 Å². The van der Waals surface area contributed by atoms with Gasteiger partial charge in [-0.15, -0.1) is 0 Å². The summed E-state index contributed by atoms with van der Waals surface area (Å²) in [6, 6.07) is 14.8. The highest BCUT2D eigenvalue weighted by Gasteiger charge is 2.02. The normalized spacial score (nSPS) is 10.7. The second kappa shape index (κ2) is 5.51. The van der Waals surface area contributed by atoms with Gasteiger partial charge in [0.15, 0.2) is 0 Å². The van der Waals surface area contributed by atoms with Crippen molar-refractivity contribution in [3.8, 4) is 5.69 Å². The fourth-order valence-electron chi connectivity index (χ4n) is 1.99. The first-order chi connectivity index (χ1) is 9.72. The number of hydrogen-bond donors (Lipinski definition) is 0. The van der Waals surface area contributed by atoms with E-state index in [2.05, 4.69) is 4.98 Å². The molecule has 0 radical (unpaired) electrons. The molecule has 0 saturated carbocycles. The first-order valence-corrected chi connectivity index (χ1v) is 7.08. The standard InChI is InChI=1S/C16H13FN2S/c1-12-18-9-10-19(12)14-5-7-15(8-6-14)20-16-4-2-3-13(17)11-16/h2-11H,1H3. The molecular weight excluding hydrogens is 271 g/mol. The second-order valence-electron chi connectivity index (χ2n) is 4.40. The number of aryl methyl sites for hydroxylation is 1. The number of benzene rings is 2. The average Bonchev–Trinajstić information content (AvgIpc) is 2.86. The van der Waals surface area contributed by atoms with E-state index in [1.165, 1.54) is 6.07 Å². The minimum Gasteiger partial charge on any atom is -0.304 e. The van der Waals surface area contributed by atoms with Gasteiger partial charge in [0.25, 0.3) is 0 Å². The molecule has 2 aromatic carbocycles.